The summed E-state index contributed by atoms with van der Waals surface area (Å²) in [7, 11) is 1.44. The van der Waals surface area contributed by atoms with Crippen LogP contribution in [0.3, 0.4) is 0 Å². The lowest BCUT2D eigenvalue weighted by atomic mass is 9.89. The number of rotatable bonds is 5. The normalized spacial score (nSPS) is 23.4. The molecule has 1 aliphatic carbocycles. The molecule has 21 heavy (non-hydrogen) atoms. The third-order valence-corrected chi connectivity index (χ3v) is 3.12. The SMILES string of the molecule is COC1(C(=O)OC(C)(C)C)C=CC(C[C@H](N)C(=O)O)=CC1. The molecule has 0 heterocycles. The van der Waals surface area contributed by atoms with Gasteiger partial charge in [-0.2, -0.15) is 0 Å². The number of aliphatic carboxylic acids is 1. The molecule has 0 spiro atoms. The maximum Gasteiger partial charge on any atom is 0.343 e. The van der Waals surface area contributed by atoms with Crippen molar-refractivity contribution in [2.24, 2.45) is 5.73 Å². The van der Waals surface area contributed by atoms with Crippen LogP contribution in [0, 0.1) is 0 Å². The zero-order valence-corrected chi connectivity index (χ0v) is 12.9. The molecule has 0 saturated carbocycles. The van der Waals surface area contributed by atoms with E-state index < -0.39 is 29.2 Å². The number of esters is 1. The van der Waals surface area contributed by atoms with Crippen molar-refractivity contribution in [3.05, 3.63) is 23.8 Å². The summed E-state index contributed by atoms with van der Waals surface area (Å²) >= 11 is 0. The molecule has 118 valence electrons. The molecule has 3 N–H and O–H groups in total. The van der Waals surface area contributed by atoms with Gasteiger partial charge in [-0.1, -0.05) is 12.2 Å². The second-order valence-corrected chi connectivity index (χ2v) is 6.06. The highest BCUT2D eigenvalue weighted by atomic mass is 16.6. The van der Waals surface area contributed by atoms with E-state index in [1.54, 1.807) is 39.0 Å². The quantitative estimate of drug-likeness (QED) is 0.744. The Morgan fingerprint density at radius 1 is 1.48 bits per heavy atom. The van der Waals surface area contributed by atoms with E-state index >= 15 is 0 Å². The average molecular weight is 297 g/mol. The van der Waals surface area contributed by atoms with Gasteiger partial charge in [0.05, 0.1) is 0 Å². The summed E-state index contributed by atoms with van der Waals surface area (Å²) in [5.74, 6) is -1.52. The van der Waals surface area contributed by atoms with Crippen molar-refractivity contribution in [3.8, 4) is 0 Å². The van der Waals surface area contributed by atoms with Crippen LogP contribution in [0.1, 0.15) is 33.6 Å². The molecule has 0 radical (unpaired) electrons. The Bertz CT molecular complexity index is 475. The van der Waals surface area contributed by atoms with Gasteiger partial charge in [0, 0.05) is 13.5 Å². The maximum absolute atomic E-state index is 12.3. The second-order valence-electron chi connectivity index (χ2n) is 6.06. The summed E-state index contributed by atoms with van der Waals surface area (Å²) in [6.45, 7) is 5.36. The van der Waals surface area contributed by atoms with Crippen LogP contribution in [0.5, 0.6) is 0 Å². The molecule has 1 unspecified atom stereocenters. The van der Waals surface area contributed by atoms with E-state index in [0.717, 1.165) is 5.57 Å². The van der Waals surface area contributed by atoms with Crippen LogP contribution < -0.4 is 5.73 Å². The molecule has 0 aromatic rings. The van der Waals surface area contributed by atoms with Gasteiger partial charge in [0.15, 0.2) is 5.60 Å². The number of carbonyl (C=O) groups is 2. The van der Waals surface area contributed by atoms with Crippen LogP contribution in [0.25, 0.3) is 0 Å². The van der Waals surface area contributed by atoms with Crippen molar-refractivity contribution in [2.45, 2.75) is 50.9 Å². The summed E-state index contributed by atoms with van der Waals surface area (Å²) in [6.07, 6.45) is 5.53. The Hall–Kier alpha value is -1.66. The van der Waals surface area contributed by atoms with E-state index in [-0.39, 0.29) is 12.8 Å². The molecule has 6 nitrogen and oxygen atoms in total. The van der Waals surface area contributed by atoms with E-state index in [2.05, 4.69) is 0 Å². The van der Waals surface area contributed by atoms with E-state index in [0.29, 0.717) is 0 Å². The fraction of sp³-hybridized carbons (Fsp3) is 0.600. The van der Waals surface area contributed by atoms with Gasteiger partial charge >= 0.3 is 11.9 Å². The third kappa shape index (κ3) is 4.68. The lowest BCUT2D eigenvalue weighted by Gasteiger charge is -2.32. The van der Waals surface area contributed by atoms with Gasteiger partial charge in [0.25, 0.3) is 0 Å². The van der Waals surface area contributed by atoms with Crippen LogP contribution in [-0.4, -0.2) is 41.4 Å². The minimum atomic E-state index is -1.16. The molecule has 0 saturated heterocycles. The van der Waals surface area contributed by atoms with E-state index in [4.69, 9.17) is 20.3 Å². The minimum Gasteiger partial charge on any atom is -0.480 e. The van der Waals surface area contributed by atoms with Crippen LogP contribution in [0.15, 0.2) is 23.8 Å². The molecular formula is C15H23NO5. The van der Waals surface area contributed by atoms with Crippen molar-refractivity contribution in [2.75, 3.05) is 7.11 Å². The number of carbonyl (C=O) groups excluding carboxylic acids is 1. The third-order valence-electron chi connectivity index (χ3n) is 3.12. The average Bonchev–Trinajstić information content (AvgIpc) is 2.37. The van der Waals surface area contributed by atoms with Crippen molar-refractivity contribution in [1.82, 2.24) is 0 Å². The molecule has 2 atom stereocenters. The zero-order valence-electron chi connectivity index (χ0n) is 12.9. The predicted molar refractivity (Wildman–Crippen MR) is 77.7 cm³/mol. The fourth-order valence-electron chi connectivity index (χ4n) is 1.90. The summed E-state index contributed by atoms with van der Waals surface area (Å²) in [5.41, 5.74) is 4.49. The Morgan fingerprint density at radius 2 is 2.10 bits per heavy atom. The highest BCUT2D eigenvalue weighted by Crippen LogP contribution is 2.29. The van der Waals surface area contributed by atoms with E-state index in [9.17, 15) is 9.59 Å². The van der Waals surface area contributed by atoms with Crippen LogP contribution in [-0.2, 0) is 19.1 Å². The van der Waals surface area contributed by atoms with Gasteiger partial charge < -0.3 is 20.3 Å². The van der Waals surface area contributed by atoms with Crippen LogP contribution >= 0.6 is 0 Å². The molecule has 0 aromatic carbocycles. The van der Waals surface area contributed by atoms with Gasteiger partial charge in [0.1, 0.15) is 11.6 Å². The Morgan fingerprint density at radius 3 is 2.48 bits per heavy atom. The highest BCUT2D eigenvalue weighted by Gasteiger charge is 2.40. The van der Waals surface area contributed by atoms with Crippen LogP contribution in [0.2, 0.25) is 0 Å². The summed E-state index contributed by atoms with van der Waals surface area (Å²) in [4.78, 5) is 23.0. The van der Waals surface area contributed by atoms with Crippen molar-refractivity contribution >= 4 is 11.9 Å². The van der Waals surface area contributed by atoms with Gasteiger partial charge in [-0.3, -0.25) is 4.79 Å². The van der Waals surface area contributed by atoms with Gasteiger partial charge in [-0.25, -0.2) is 4.79 Å². The molecular weight excluding hydrogens is 274 g/mol. The minimum absolute atomic E-state index is 0.208. The topological polar surface area (TPSA) is 98.9 Å². The fourth-order valence-corrected chi connectivity index (χ4v) is 1.90. The van der Waals surface area contributed by atoms with Crippen molar-refractivity contribution in [1.29, 1.82) is 0 Å². The molecule has 1 rings (SSSR count). The Balaban J connectivity index is 2.79. The number of hydrogen-bond donors (Lipinski definition) is 2. The Labute approximate surface area is 124 Å². The molecule has 0 bridgehead atoms. The van der Waals surface area contributed by atoms with Crippen LogP contribution in [0.4, 0.5) is 0 Å². The number of hydrogen-bond acceptors (Lipinski definition) is 5. The summed E-state index contributed by atoms with van der Waals surface area (Å²) in [6, 6.07) is -0.961. The first-order valence-corrected chi connectivity index (χ1v) is 6.75. The lowest BCUT2D eigenvalue weighted by Crippen LogP contribution is -2.44. The van der Waals surface area contributed by atoms with Crippen molar-refractivity contribution < 1.29 is 24.2 Å². The van der Waals surface area contributed by atoms with Crippen molar-refractivity contribution in [3.63, 3.8) is 0 Å². The van der Waals surface area contributed by atoms with Gasteiger partial charge in [-0.15, -0.1) is 0 Å². The van der Waals surface area contributed by atoms with Gasteiger partial charge in [0.2, 0.25) is 0 Å². The molecule has 0 fully saturated rings. The summed E-state index contributed by atoms with van der Waals surface area (Å²) < 4.78 is 10.7. The largest absolute Gasteiger partial charge is 0.480 e. The number of nitrogens with two attached hydrogens (primary N) is 1. The first-order valence-electron chi connectivity index (χ1n) is 6.75. The molecule has 1 aliphatic rings. The molecule has 0 amide bonds. The van der Waals surface area contributed by atoms with Gasteiger partial charge in [-0.05, 0) is 38.8 Å². The number of allylic oxidation sites excluding steroid dienone is 1. The lowest BCUT2D eigenvalue weighted by molar-refractivity contribution is -0.174. The maximum atomic E-state index is 12.3. The van der Waals surface area contributed by atoms with E-state index in [1.807, 2.05) is 0 Å². The smallest absolute Gasteiger partial charge is 0.343 e. The first kappa shape index (κ1) is 17.4. The first-order chi connectivity index (χ1) is 9.59. The summed E-state index contributed by atoms with van der Waals surface area (Å²) in [5, 5.41) is 8.80. The standard InChI is InChI=1S/C15H23NO5/c1-14(2,3)21-13(19)15(20-4)7-5-10(6-8-15)9-11(16)12(17)18/h5-7,11H,8-9,16H2,1-4H3,(H,17,18)/t11-,15?/m0/s1. The number of methoxy groups -OCH3 is 1. The molecule has 0 aliphatic heterocycles. The number of ether oxygens (including phenoxy) is 2. The second kappa shape index (κ2) is 6.41. The highest BCUT2D eigenvalue weighted by molar-refractivity contribution is 5.83. The zero-order chi connectivity index (χ0) is 16.3. The molecule has 0 aromatic heterocycles. The Kier molecular flexibility index (Phi) is 5.31. The molecule has 6 heteroatoms. The predicted octanol–water partition coefficient (Wildman–Crippen LogP) is 1.40. The number of carboxylic acid groups (broad SMARTS) is 1. The number of carboxylic acids is 1. The monoisotopic (exact) mass is 297 g/mol. The van der Waals surface area contributed by atoms with E-state index in [1.165, 1.54) is 7.11 Å².